The molecule has 0 saturated carbocycles. The van der Waals surface area contributed by atoms with E-state index in [4.69, 9.17) is 14.0 Å². The van der Waals surface area contributed by atoms with E-state index < -0.39 is 5.97 Å². The fraction of sp³-hybridized carbons (Fsp3) is 0.118. The minimum absolute atomic E-state index is 0.0514. The summed E-state index contributed by atoms with van der Waals surface area (Å²) < 4.78 is 29.2. The van der Waals surface area contributed by atoms with Crippen molar-refractivity contribution in [2.75, 3.05) is 0 Å². The third-order valence-corrected chi connectivity index (χ3v) is 3.63. The van der Waals surface area contributed by atoms with E-state index >= 15 is 0 Å². The molecule has 0 N–H and O–H groups in total. The van der Waals surface area contributed by atoms with E-state index in [-0.39, 0.29) is 24.9 Å². The second-order valence-corrected chi connectivity index (χ2v) is 5.85. The van der Waals surface area contributed by atoms with Gasteiger partial charge in [-0.05, 0) is 48.5 Å². The monoisotopic (exact) mass is 406 g/mol. The maximum atomic E-state index is 12.8. The lowest BCUT2D eigenvalue weighted by Gasteiger charge is -2.02. The molecule has 0 radical (unpaired) electrons. The van der Waals surface area contributed by atoms with E-state index in [1.165, 1.54) is 24.3 Å². The molecular weight excluding hydrogens is 395 g/mol. The van der Waals surface area contributed by atoms with Gasteiger partial charge >= 0.3 is 5.97 Å². The van der Waals surface area contributed by atoms with Crippen LogP contribution < -0.4 is 4.74 Å². The predicted octanol–water partition coefficient (Wildman–Crippen LogP) is 3.91. The average Bonchev–Trinajstić information content (AvgIpc) is 3.08. The van der Waals surface area contributed by atoms with Crippen molar-refractivity contribution >= 4 is 21.9 Å². The van der Waals surface area contributed by atoms with Gasteiger partial charge in [0.15, 0.2) is 13.2 Å². The molecule has 128 valence electrons. The van der Waals surface area contributed by atoms with Gasteiger partial charge in [0.25, 0.3) is 5.89 Å². The van der Waals surface area contributed by atoms with E-state index in [0.717, 1.165) is 4.47 Å². The third kappa shape index (κ3) is 4.87. The molecule has 0 aliphatic rings. The van der Waals surface area contributed by atoms with Gasteiger partial charge in [0.1, 0.15) is 11.6 Å². The molecule has 0 bridgehead atoms. The van der Waals surface area contributed by atoms with Crippen molar-refractivity contribution in [3.8, 4) is 5.75 Å². The smallest absolute Gasteiger partial charge is 0.338 e. The summed E-state index contributed by atoms with van der Waals surface area (Å²) in [5.74, 6) is 0.0909. The molecule has 0 amide bonds. The van der Waals surface area contributed by atoms with Crippen LogP contribution in [-0.4, -0.2) is 16.1 Å². The quantitative estimate of drug-likeness (QED) is 0.577. The summed E-state index contributed by atoms with van der Waals surface area (Å²) in [6, 6.07) is 12.3. The summed E-state index contributed by atoms with van der Waals surface area (Å²) in [4.78, 5) is 16.0. The molecule has 0 spiro atoms. The van der Waals surface area contributed by atoms with Crippen LogP contribution in [0.3, 0.4) is 0 Å². The Kier molecular flexibility index (Phi) is 5.39. The summed E-state index contributed by atoms with van der Waals surface area (Å²) in [5.41, 5.74) is 0.419. The van der Waals surface area contributed by atoms with Crippen molar-refractivity contribution in [3.63, 3.8) is 0 Å². The second kappa shape index (κ2) is 7.89. The Morgan fingerprint density at radius 3 is 2.52 bits per heavy atom. The Labute approximate surface area is 150 Å². The number of aromatic nitrogens is 2. The minimum Gasteiger partial charge on any atom is -0.485 e. The molecule has 0 aliphatic carbocycles. The van der Waals surface area contributed by atoms with Gasteiger partial charge in [-0.1, -0.05) is 21.1 Å². The van der Waals surface area contributed by atoms with Gasteiger partial charge in [0.2, 0.25) is 5.82 Å². The summed E-state index contributed by atoms with van der Waals surface area (Å²) in [6.45, 7) is -0.0891. The van der Waals surface area contributed by atoms with Crippen LogP contribution in [0.25, 0.3) is 0 Å². The SMILES string of the molecule is O=C(OCc1nc(COc2ccc(F)cc2)no1)c1ccc(Br)cc1. The molecule has 25 heavy (non-hydrogen) atoms. The van der Waals surface area contributed by atoms with Crippen molar-refractivity contribution in [1.29, 1.82) is 0 Å². The van der Waals surface area contributed by atoms with E-state index in [0.29, 0.717) is 17.1 Å². The van der Waals surface area contributed by atoms with E-state index in [9.17, 15) is 9.18 Å². The van der Waals surface area contributed by atoms with Crippen molar-refractivity contribution in [1.82, 2.24) is 10.1 Å². The highest BCUT2D eigenvalue weighted by atomic mass is 79.9. The zero-order valence-electron chi connectivity index (χ0n) is 12.8. The fourth-order valence-electron chi connectivity index (χ4n) is 1.88. The highest BCUT2D eigenvalue weighted by Crippen LogP contribution is 2.14. The number of benzene rings is 2. The predicted molar refractivity (Wildman–Crippen MR) is 88.3 cm³/mol. The number of hydrogen-bond donors (Lipinski definition) is 0. The van der Waals surface area contributed by atoms with Gasteiger partial charge in [-0.3, -0.25) is 0 Å². The first-order chi connectivity index (χ1) is 12.1. The average molecular weight is 407 g/mol. The van der Waals surface area contributed by atoms with Crippen LogP contribution in [0.1, 0.15) is 22.1 Å². The summed E-state index contributed by atoms with van der Waals surface area (Å²) in [6.07, 6.45) is 0. The largest absolute Gasteiger partial charge is 0.485 e. The van der Waals surface area contributed by atoms with Crippen LogP contribution in [0.5, 0.6) is 5.75 Å². The number of carbonyl (C=O) groups excluding carboxylic acids is 1. The molecular formula is C17H12BrFN2O4. The Balaban J connectivity index is 1.50. The molecule has 0 fully saturated rings. The number of carbonyl (C=O) groups is 1. The van der Waals surface area contributed by atoms with Gasteiger partial charge in [0.05, 0.1) is 5.56 Å². The lowest BCUT2D eigenvalue weighted by atomic mass is 10.2. The van der Waals surface area contributed by atoms with Crippen LogP contribution in [-0.2, 0) is 18.0 Å². The van der Waals surface area contributed by atoms with Crippen LogP contribution in [0.15, 0.2) is 57.5 Å². The number of halogens is 2. The van der Waals surface area contributed by atoms with Crippen molar-refractivity contribution in [2.45, 2.75) is 13.2 Å². The van der Waals surface area contributed by atoms with Gasteiger partial charge in [-0.2, -0.15) is 4.98 Å². The lowest BCUT2D eigenvalue weighted by molar-refractivity contribution is 0.0430. The molecule has 3 rings (SSSR count). The molecule has 6 nitrogen and oxygen atoms in total. The fourth-order valence-corrected chi connectivity index (χ4v) is 2.15. The van der Waals surface area contributed by atoms with Crippen LogP contribution in [0.2, 0.25) is 0 Å². The molecule has 1 aromatic heterocycles. The van der Waals surface area contributed by atoms with Crippen molar-refractivity contribution < 1.29 is 23.2 Å². The van der Waals surface area contributed by atoms with Crippen molar-refractivity contribution in [3.05, 3.63) is 76.1 Å². The lowest BCUT2D eigenvalue weighted by Crippen LogP contribution is -2.05. The normalized spacial score (nSPS) is 10.5. The number of rotatable bonds is 6. The summed E-state index contributed by atoms with van der Waals surface area (Å²) in [7, 11) is 0. The number of ether oxygens (including phenoxy) is 2. The van der Waals surface area contributed by atoms with E-state index in [1.54, 1.807) is 24.3 Å². The molecule has 0 atom stereocenters. The molecule has 2 aromatic carbocycles. The van der Waals surface area contributed by atoms with Crippen LogP contribution in [0.4, 0.5) is 4.39 Å². The Morgan fingerprint density at radius 2 is 1.80 bits per heavy atom. The van der Waals surface area contributed by atoms with Crippen molar-refractivity contribution in [2.24, 2.45) is 0 Å². The Morgan fingerprint density at radius 1 is 1.08 bits per heavy atom. The van der Waals surface area contributed by atoms with E-state index in [1.807, 2.05) is 0 Å². The topological polar surface area (TPSA) is 74.5 Å². The highest BCUT2D eigenvalue weighted by molar-refractivity contribution is 9.10. The number of nitrogens with zero attached hydrogens (tertiary/aromatic N) is 2. The zero-order chi connectivity index (χ0) is 17.6. The van der Waals surface area contributed by atoms with Gasteiger partial charge in [0, 0.05) is 4.47 Å². The Bertz CT molecular complexity index is 850. The molecule has 0 saturated heterocycles. The maximum absolute atomic E-state index is 12.8. The third-order valence-electron chi connectivity index (χ3n) is 3.10. The standard InChI is InChI=1S/C17H12BrFN2O4/c18-12-3-1-11(2-4-12)17(22)24-10-16-20-15(21-25-16)9-23-14-7-5-13(19)6-8-14/h1-8H,9-10H2. The number of esters is 1. The molecule has 1 heterocycles. The zero-order valence-corrected chi connectivity index (χ0v) is 14.4. The first-order valence-corrected chi connectivity index (χ1v) is 8.02. The maximum Gasteiger partial charge on any atom is 0.338 e. The highest BCUT2D eigenvalue weighted by Gasteiger charge is 2.12. The van der Waals surface area contributed by atoms with Gasteiger partial charge in [-0.25, -0.2) is 9.18 Å². The summed E-state index contributed by atoms with van der Waals surface area (Å²) >= 11 is 3.29. The molecule has 3 aromatic rings. The van der Waals surface area contributed by atoms with Gasteiger partial charge < -0.3 is 14.0 Å². The first kappa shape index (κ1) is 17.1. The van der Waals surface area contributed by atoms with Crippen LogP contribution >= 0.6 is 15.9 Å². The van der Waals surface area contributed by atoms with Gasteiger partial charge in [-0.15, -0.1) is 0 Å². The summed E-state index contributed by atoms with van der Waals surface area (Å²) in [5, 5.41) is 3.73. The van der Waals surface area contributed by atoms with E-state index in [2.05, 4.69) is 26.1 Å². The molecule has 0 aliphatic heterocycles. The molecule has 8 heteroatoms. The number of hydrogen-bond acceptors (Lipinski definition) is 6. The minimum atomic E-state index is -0.491. The van der Waals surface area contributed by atoms with Crippen LogP contribution in [0, 0.1) is 5.82 Å². The Hall–Kier alpha value is -2.74. The first-order valence-electron chi connectivity index (χ1n) is 7.23. The molecule has 0 unspecified atom stereocenters. The second-order valence-electron chi connectivity index (χ2n) is 4.93.